The number of carbonyl (C=O) groups excluding carboxylic acids is 1. The summed E-state index contributed by atoms with van der Waals surface area (Å²) >= 11 is 0. The Morgan fingerprint density at radius 3 is 2.74 bits per heavy atom. The second-order valence-electron chi connectivity index (χ2n) is 7.97. The Kier molecular flexibility index (Phi) is 5.07. The van der Waals surface area contributed by atoms with E-state index in [1.165, 1.54) is 5.69 Å². The summed E-state index contributed by atoms with van der Waals surface area (Å²) in [5.74, 6) is 0.943. The molecular formula is C23H25N5O3. The van der Waals surface area contributed by atoms with Gasteiger partial charge in [0.2, 0.25) is 11.8 Å². The quantitative estimate of drug-likeness (QED) is 0.641. The SMILES string of the molecule is C=C(Oc1nc(-c2ccc(N3CCOCC3)cc2)cn2ncc(C)c12)[C@H]1CNC(=O)C1. The van der Waals surface area contributed by atoms with Gasteiger partial charge in [-0.2, -0.15) is 5.10 Å². The van der Waals surface area contributed by atoms with Crippen LogP contribution in [0.4, 0.5) is 5.69 Å². The van der Waals surface area contributed by atoms with Gasteiger partial charge in [-0.05, 0) is 19.1 Å². The zero-order valence-electron chi connectivity index (χ0n) is 17.5. The van der Waals surface area contributed by atoms with E-state index in [0.717, 1.165) is 48.6 Å². The predicted octanol–water partition coefficient (Wildman–Crippen LogP) is 2.57. The van der Waals surface area contributed by atoms with E-state index in [0.29, 0.717) is 24.6 Å². The molecule has 8 heteroatoms. The Morgan fingerprint density at radius 1 is 1.26 bits per heavy atom. The molecule has 4 heterocycles. The van der Waals surface area contributed by atoms with Crippen molar-refractivity contribution in [3.8, 4) is 17.1 Å². The average Bonchev–Trinajstić information content (AvgIpc) is 3.40. The van der Waals surface area contributed by atoms with Crippen molar-refractivity contribution < 1.29 is 14.3 Å². The lowest BCUT2D eigenvalue weighted by Crippen LogP contribution is -2.36. The smallest absolute Gasteiger partial charge is 0.246 e. The van der Waals surface area contributed by atoms with E-state index < -0.39 is 0 Å². The zero-order valence-corrected chi connectivity index (χ0v) is 17.5. The topological polar surface area (TPSA) is 81.0 Å². The average molecular weight is 419 g/mol. The van der Waals surface area contributed by atoms with E-state index in [1.807, 2.05) is 13.1 Å². The highest BCUT2D eigenvalue weighted by Crippen LogP contribution is 2.30. The number of amides is 1. The summed E-state index contributed by atoms with van der Waals surface area (Å²) in [5, 5.41) is 7.27. The fraction of sp³-hybridized carbons (Fsp3) is 0.348. The van der Waals surface area contributed by atoms with Crippen molar-refractivity contribution in [3.63, 3.8) is 0 Å². The number of nitrogens with zero attached hydrogens (tertiary/aromatic N) is 4. The number of nitrogens with one attached hydrogen (secondary N) is 1. The number of fused-ring (bicyclic) bond motifs is 1. The van der Waals surface area contributed by atoms with Gasteiger partial charge in [0.25, 0.3) is 0 Å². The van der Waals surface area contributed by atoms with Crippen LogP contribution >= 0.6 is 0 Å². The summed E-state index contributed by atoms with van der Waals surface area (Å²) in [7, 11) is 0. The molecule has 1 aromatic carbocycles. The molecule has 0 spiro atoms. The molecule has 1 amide bonds. The summed E-state index contributed by atoms with van der Waals surface area (Å²) in [6, 6.07) is 8.34. The Morgan fingerprint density at radius 2 is 2.03 bits per heavy atom. The normalized spacial score (nSPS) is 18.9. The molecule has 0 aliphatic carbocycles. The standard InChI is InChI=1S/C23H25N5O3/c1-15-12-25-28-14-20(17-3-5-19(6-4-17)27-7-9-30-10-8-27)26-23(22(15)28)31-16(2)18-11-21(29)24-13-18/h3-6,12,14,18H,2,7-11,13H2,1H3,(H,24,29)/t18-/m1/s1. The molecule has 8 nitrogen and oxygen atoms in total. The summed E-state index contributed by atoms with van der Waals surface area (Å²) in [6.45, 7) is 9.86. The van der Waals surface area contributed by atoms with Crippen LogP contribution in [0.15, 0.2) is 49.0 Å². The number of carbonyl (C=O) groups is 1. The molecule has 2 saturated heterocycles. The molecule has 2 aliphatic rings. The molecule has 0 saturated carbocycles. The van der Waals surface area contributed by atoms with Crippen LogP contribution in [0.25, 0.3) is 16.8 Å². The first-order chi connectivity index (χ1) is 15.1. The predicted molar refractivity (Wildman–Crippen MR) is 117 cm³/mol. The third kappa shape index (κ3) is 3.86. The maximum atomic E-state index is 11.6. The van der Waals surface area contributed by atoms with Crippen molar-refractivity contribution in [1.29, 1.82) is 0 Å². The van der Waals surface area contributed by atoms with Crippen molar-refractivity contribution in [3.05, 3.63) is 54.6 Å². The van der Waals surface area contributed by atoms with Crippen LogP contribution < -0.4 is 15.0 Å². The van der Waals surface area contributed by atoms with Gasteiger partial charge in [0.05, 0.1) is 31.3 Å². The molecule has 1 atom stereocenters. The Balaban J connectivity index is 1.45. The summed E-state index contributed by atoms with van der Waals surface area (Å²) in [4.78, 5) is 18.7. The minimum absolute atomic E-state index is 0.0162. The van der Waals surface area contributed by atoms with Crippen LogP contribution in [-0.2, 0) is 9.53 Å². The first kappa shape index (κ1) is 19.6. The van der Waals surface area contributed by atoms with Gasteiger partial charge in [0.15, 0.2) is 0 Å². The molecule has 2 aromatic heterocycles. The molecule has 31 heavy (non-hydrogen) atoms. The van der Waals surface area contributed by atoms with Crippen molar-refractivity contribution in [2.24, 2.45) is 5.92 Å². The molecular weight excluding hydrogens is 394 g/mol. The molecule has 0 radical (unpaired) electrons. The van der Waals surface area contributed by atoms with Crippen molar-refractivity contribution in [2.45, 2.75) is 13.3 Å². The molecule has 3 aromatic rings. The summed E-state index contributed by atoms with van der Waals surface area (Å²) in [5.41, 5.74) is 4.66. The monoisotopic (exact) mass is 419 g/mol. The van der Waals surface area contributed by atoms with Crippen LogP contribution in [0.2, 0.25) is 0 Å². The van der Waals surface area contributed by atoms with Gasteiger partial charge in [0.1, 0.15) is 11.3 Å². The van der Waals surface area contributed by atoms with Crippen molar-refractivity contribution in [2.75, 3.05) is 37.7 Å². The van der Waals surface area contributed by atoms with Crippen LogP contribution in [0, 0.1) is 12.8 Å². The number of benzene rings is 1. The molecule has 2 fully saturated rings. The van der Waals surface area contributed by atoms with E-state index in [1.54, 1.807) is 10.7 Å². The molecule has 1 N–H and O–H groups in total. The lowest BCUT2D eigenvalue weighted by Gasteiger charge is -2.28. The third-order valence-electron chi connectivity index (χ3n) is 5.85. The second kappa shape index (κ2) is 8.03. The van der Waals surface area contributed by atoms with Crippen LogP contribution in [-0.4, -0.2) is 53.4 Å². The van der Waals surface area contributed by atoms with Crippen LogP contribution in [0.3, 0.4) is 0 Å². The summed E-state index contributed by atoms with van der Waals surface area (Å²) < 4.78 is 13.3. The van der Waals surface area contributed by atoms with Gasteiger partial charge in [-0.25, -0.2) is 9.50 Å². The number of morpholine rings is 1. The number of aryl methyl sites for hydroxylation is 1. The molecule has 0 bridgehead atoms. The molecule has 160 valence electrons. The van der Waals surface area contributed by atoms with Gasteiger partial charge < -0.3 is 19.7 Å². The maximum absolute atomic E-state index is 11.6. The zero-order chi connectivity index (χ0) is 21.4. The largest absolute Gasteiger partial charge is 0.442 e. The highest BCUT2D eigenvalue weighted by atomic mass is 16.5. The number of rotatable bonds is 5. The Labute approximate surface area is 180 Å². The fourth-order valence-electron chi connectivity index (χ4n) is 4.04. The van der Waals surface area contributed by atoms with E-state index in [2.05, 4.69) is 46.2 Å². The van der Waals surface area contributed by atoms with Crippen LogP contribution in [0.1, 0.15) is 12.0 Å². The van der Waals surface area contributed by atoms with Gasteiger partial charge in [-0.15, -0.1) is 0 Å². The van der Waals surface area contributed by atoms with Crippen molar-refractivity contribution in [1.82, 2.24) is 19.9 Å². The minimum Gasteiger partial charge on any atom is -0.442 e. The lowest BCUT2D eigenvalue weighted by atomic mass is 10.1. The van der Waals surface area contributed by atoms with Crippen molar-refractivity contribution >= 4 is 17.1 Å². The molecule has 5 rings (SSSR count). The highest BCUT2D eigenvalue weighted by Gasteiger charge is 2.26. The first-order valence-corrected chi connectivity index (χ1v) is 10.5. The number of hydrogen-bond acceptors (Lipinski definition) is 6. The number of anilines is 1. The minimum atomic E-state index is -0.0611. The molecule has 0 unspecified atom stereocenters. The Bertz CT molecular complexity index is 1130. The van der Waals surface area contributed by atoms with Gasteiger partial charge >= 0.3 is 0 Å². The fourth-order valence-corrected chi connectivity index (χ4v) is 4.04. The number of aromatic nitrogens is 3. The molecule has 2 aliphatic heterocycles. The highest BCUT2D eigenvalue weighted by molar-refractivity contribution is 5.78. The van der Waals surface area contributed by atoms with Gasteiger partial charge in [-0.3, -0.25) is 4.79 Å². The second-order valence-corrected chi connectivity index (χ2v) is 7.97. The maximum Gasteiger partial charge on any atom is 0.246 e. The van der Waals surface area contributed by atoms with Gasteiger partial charge in [-0.1, -0.05) is 18.7 Å². The lowest BCUT2D eigenvalue weighted by molar-refractivity contribution is -0.119. The first-order valence-electron chi connectivity index (χ1n) is 10.5. The van der Waals surface area contributed by atoms with E-state index >= 15 is 0 Å². The third-order valence-corrected chi connectivity index (χ3v) is 5.85. The Hall–Kier alpha value is -3.39. The van der Waals surface area contributed by atoms with Gasteiger partial charge in [0, 0.05) is 48.8 Å². The summed E-state index contributed by atoms with van der Waals surface area (Å²) in [6.07, 6.45) is 4.08. The number of ether oxygens (including phenoxy) is 2. The van der Waals surface area contributed by atoms with E-state index in [9.17, 15) is 4.79 Å². The van der Waals surface area contributed by atoms with Crippen LogP contribution in [0.5, 0.6) is 5.88 Å². The van der Waals surface area contributed by atoms with E-state index in [-0.39, 0.29) is 11.8 Å². The van der Waals surface area contributed by atoms with E-state index in [4.69, 9.17) is 14.5 Å². The number of hydrogen-bond donors (Lipinski definition) is 1.